The molecule has 0 fully saturated rings. The van der Waals surface area contributed by atoms with Crippen LogP contribution in [0.25, 0.3) is 0 Å². The number of benzene rings is 2. The predicted molar refractivity (Wildman–Crippen MR) is 82.4 cm³/mol. The molecule has 0 saturated carbocycles. The van der Waals surface area contributed by atoms with Gasteiger partial charge in [-0.05, 0) is 37.3 Å². The Morgan fingerprint density at radius 1 is 0.889 bits per heavy atom. The lowest BCUT2D eigenvalue weighted by Gasteiger charge is -2.10. The molecule has 1 heteroatoms. The number of hydrogen-bond donors (Lipinski definition) is 0. The second-order valence-electron chi connectivity index (χ2n) is 4.81. The van der Waals surface area contributed by atoms with Crippen LogP contribution in [0.5, 0.6) is 0 Å². The molecule has 0 saturated heterocycles. The maximum Gasteiger partial charge on any atom is 0.0189 e. The SMILES string of the molecule is Cc1ccc(CCC(Br)Cc2ccccc2)cc1. The number of aryl methyl sites for hydroxylation is 2. The molecule has 0 spiro atoms. The molecule has 0 aliphatic heterocycles. The zero-order valence-electron chi connectivity index (χ0n) is 10.8. The van der Waals surface area contributed by atoms with Gasteiger partial charge in [0.1, 0.15) is 0 Å². The third kappa shape index (κ3) is 4.30. The van der Waals surface area contributed by atoms with E-state index >= 15 is 0 Å². The standard InChI is InChI=1S/C17H19Br/c1-14-7-9-15(10-8-14)11-12-17(18)13-16-5-3-2-4-6-16/h2-10,17H,11-13H2,1H3. The van der Waals surface area contributed by atoms with Crippen molar-refractivity contribution in [1.82, 2.24) is 0 Å². The van der Waals surface area contributed by atoms with Crippen LogP contribution >= 0.6 is 15.9 Å². The van der Waals surface area contributed by atoms with Crippen molar-refractivity contribution in [3.05, 3.63) is 71.3 Å². The largest absolute Gasteiger partial charge is 0.0887 e. The number of rotatable bonds is 5. The van der Waals surface area contributed by atoms with Gasteiger partial charge in [0.05, 0.1) is 0 Å². The first kappa shape index (κ1) is 13.4. The highest BCUT2D eigenvalue weighted by molar-refractivity contribution is 9.09. The summed E-state index contributed by atoms with van der Waals surface area (Å²) in [5.74, 6) is 0. The van der Waals surface area contributed by atoms with Crippen LogP contribution < -0.4 is 0 Å². The van der Waals surface area contributed by atoms with Gasteiger partial charge in [-0.25, -0.2) is 0 Å². The fourth-order valence-corrected chi connectivity index (χ4v) is 2.65. The molecule has 0 aliphatic carbocycles. The van der Waals surface area contributed by atoms with Crippen molar-refractivity contribution in [1.29, 1.82) is 0 Å². The summed E-state index contributed by atoms with van der Waals surface area (Å²) in [5, 5.41) is 0. The van der Waals surface area contributed by atoms with E-state index in [4.69, 9.17) is 0 Å². The van der Waals surface area contributed by atoms with E-state index in [0.29, 0.717) is 4.83 Å². The van der Waals surface area contributed by atoms with Crippen molar-refractivity contribution in [3.8, 4) is 0 Å². The van der Waals surface area contributed by atoms with Gasteiger partial charge < -0.3 is 0 Å². The molecule has 2 aromatic carbocycles. The maximum absolute atomic E-state index is 3.79. The maximum atomic E-state index is 3.79. The highest BCUT2D eigenvalue weighted by Crippen LogP contribution is 2.16. The van der Waals surface area contributed by atoms with E-state index in [1.807, 2.05) is 0 Å². The predicted octanol–water partition coefficient (Wildman–Crippen LogP) is 4.93. The Morgan fingerprint density at radius 3 is 2.22 bits per heavy atom. The summed E-state index contributed by atoms with van der Waals surface area (Å²) < 4.78 is 0. The highest BCUT2D eigenvalue weighted by Gasteiger charge is 2.05. The van der Waals surface area contributed by atoms with E-state index in [1.165, 1.54) is 23.1 Å². The van der Waals surface area contributed by atoms with Crippen molar-refractivity contribution in [2.24, 2.45) is 0 Å². The molecule has 1 unspecified atom stereocenters. The monoisotopic (exact) mass is 302 g/mol. The minimum Gasteiger partial charge on any atom is -0.0887 e. The molecular weight excluding hydrogens is 284 g/mol. The van der Waals surface area contributed by atoms with E-state index in [9.17, 15) is 0 Å². The number of alkyl halides is 1. The highest BCUT2D eigenvalue weighted by atomic mass is 79.9. The normalized spacial score (nSPS) is 12.3. The van der Waals surface area contributed by atoms with Crippen LogP contribution in [0.4, 0.5) is 0 Å². The molecule has 94 valence electrons. The zero-order chi connectivity index (χ0) is 12.8. The lowest BCUT2D eigenvalue weighted by molar-refractivity contribution is 0.763. The van der Waals surface area contributed by atoms with Crippen molar-refractivity contribution in [3.63, 3.8) is 0 Å². The van der Waals surface area contributed by atoms with E-state index < -0.39 is 0 Å². The minimum absolute atomic E-state index is 0.557. The van der Waals surface area contributed by atoms with Crippen molar-refractivity contribution < 1.29 is 0 Å². The summed E-state index contributed by atoms with van der Waals surface area (Å²) >= 11 is 3.79. The molecule has 0 bridgehead atoms. The van der Waals surface area contributed by atoms with Gasteiger partial charge in [0, 0.05) is 4.83 Å². The molecule has 18 heavy (non-hydrogen) atoms. The van der Waals surface area contributed by atoms with Crippen LogP contribution in [0.15, 0.2) is 54.6 Å². The van der Waals surface area contributed by atoms with Gasteiger partial charge in [0.15, 0.2) is 0 Å². The van der Waals surface area contributed by atoms with E-state index in [2.05, 4.69) is 77.5 Å². The lowest BCUT2D eigenvalue weighted by atomic mass is 10.0. The first-order valence-electron chi connectivity index (χ1n) is 6.47. The summed E-state index contributed by atoms with van der Waals surface area (Å²) in [6, 6.07) is 19.5. The van der Waals surface area contributed by atoms with E-state index in [1.54, 1.807) is 0 Å². The van der Waals surface area contributed by atoms with Crippen LogP contribution in [0, 0.1) is 6.92 Å². The van der Waals surface area contributed by atoms with Crippen LogP contribution in [0.3, 0.4) is 0 Å². The number of hydrogen-bond acceptors (Lipinski definition) is 0. The van der Waals surface area contributed by atoms with Crippen molar-refractivity contribution >= 4 is 15.9 Å². The van der Waals surface area contributed by atoms with Crippen LogP contribution in [-0.2, 0) is 12.8 Å². The molecule has 0 heterocycles. The van der Waals surface area contributed by atoms with Crippen LogP contribution in [-0.4, -0.2) is 4.83 Å². The molecule has 0 aromatic heterocycles. The molecule has 0 N–H and O–H groups in total. The fourth-order valence-electron chi connectivity index (χ4n) is 2.05. The molecule has 2 aromatic rings. The first-order chi connectivity index (χ1) is 8.74. The second kappa shape index (κ2) is 6.75. The molecule has 2 rings (SSSR count). The van der Waals surface area contributed by atoms with Gasteiger partial charge in [0.25, 0.3) is 0 Å². The molecule has 0 aliphatic rings. The Kier molecular flexibility index (Phi) is 5.00. The van der Waals surface area contributed by atoms with Gasteiger partial charge in [-0.1, -0.05) is 76.1 Å². The number of halogens is 1. The summed E-state index contributed by atoms with van der Waals surface area (Å²) in [6.45, 7) is 2.13. The average Bonchev–Trinajstić information content (AvgIpc) is 2.39. The molecule has 0 nitrogen and oxygen atoms in total. The zero-order valence-corrected chi connectivity index (χ0v) is 12.4. The van der Waals surface area contributed by atoms with Crippen molar-refractivity contribution in [2.75, 3.05) is 0 Å². The van der Waals surface area contributed by atoms with E-state index in [0.717, 1.165) is 12.8 Å². The van der Waals surface area contributed by atoms with E-state index in [-0.39, 0.29) is 0 Å². The Hall–Kier alpha value is -1.08. The Morgan fingerprint density at radius 2 is 1.56 bits per heavy atom. The van der Waals surface area contributed by atoms with Gasteiger partial charge in [-0.2, -0.15) is 0 Å². The summed E-state index contributed by atoms with van der Waals surface area (Å²) in [7, 11) is 0. The molecular formula is C17H19Br. The molecule has 0 amide bonds. The van der Waals surface area contributed by atoms with Crippen molar-refractivity contribution in [2.45, 2.75) is 31.0 Å². The third-order valence-electron chi connectivity index (χ3n) is 3.17. The lowest BCUT2D eigenvalue weighted by Crippen LogP contribution is -2.04. The smallest absolute Gasteiger partial charge is 0.0189 e. The minimum atomic E-state index is 0.557. The Labute approximate surface area is 118 Å². The van der Waals surface area contributed by atoms with Gasteiger partial charge in [0.2, 0.25) is 0 Å². The molecule has 0 radical (unpaired) electrons. The summed E-state index contributed by atoms with van der Waals surface area (Å²) in [4.78, 5) is 0.557. The van der Waals surface area contributed by atoms with Gasteiger partial charge in [-0.15, -0.1) is 0 Å². The first-order valence-corrected chi connectivity index (χ1v) is 7.39. The topological polar surface area (TPSA) is 0 Å². The quantitative estimate of drug-likeness (QED) is 0.687. The average molecular weight is 303 g/mol. The summed E-state index contributed by atoms with van der Waals surface area (Å²) in [5.41, 5.74) is 4.17. The van der Waals surface area contributed by atoms with Crippen LogP contribution in [0.1, 0.15) is 23.1 Å². The van der Waals surface area contributed by atoms with Gasteiger partial charge >= 0.3 is 0 Å². The van der Waals surface area contributed by atoms with Crippen LogP contribution in [0.2, 0.25) is 0 Å². The fraction of sp³-hybridized carbons (Fsp3) is 0.294. The van der Waals surface area contributed by atoms with Gasteiger partial charge in [-0.3, -0.25) is 0 Å². The molecule has 1 atom stereocenters. The Bertz CT molecular complexity index is 459. The third-order valence-corrected chi connectivity index (χ3v) is 3.95. The summed E-state index contributed by atoms with van der Waals surface area (Å²) in [6.07, 6.45) is 3.42. The Balaban J connectivity index is 1.81. The second-order valence-corrected chi connectivity index (χ2v) is 6.11.